The predicted molar refractivity (Wildman–Crippen MR) is 87.5 cm³/mol. The number of rotatable bonds is 4. The van der Waals surface area contributed by atoms with Crippen LogP contribution in [0.15, 0.2) is 42.7 Å². The molecule has 1 fully saturated rings. The zero-order chi connectivity index (χ0) is 16.1. The molecule has 0 N–H and O–H groups in total. The summed E-state index contributed by atoms with van der Waals surface area (Å²) in [5.41, 5.74) is 0.975. The molecule has 1 amide bonds. The summed E-state index contributed by atoms with van der Waals surface area (Å²) in [5.74, 6) is 1.65. The summed E-state index contributed by atoms with van der Waals surface area (Å²) in [6, 6.07) is 9.45. The van der Waals surface area contributed by atoms with Gasteiger partial charge in [-0.1, -0.05) is 12.1 Å². The Kier molecular flexibility index (Phi) is 4.71. The topological polar surface area (TPSA) is 58.6 Å². The molecule has 1 aromatic carbocycles. The summed E-state index contributed by atoms with van der Waals surface area (Å²) in [4.78, 5) is 25.0. The summed E-state index contributed by atoms with van der Waals surface area (Å²) >= 11 is 0. The van der Waals surface area contributed by atoms with Crippen LogP contribution in [0.25, 0.3) is 0 Å². The van der Waals surface area contributed by atoms with Crippen LogP contribution in [-0.2, 0) is 11.2 Å². The summed E-state index contributed by atoms with van der Waals surface area (Å²) in [6.07, 6.45) is 3.88. The largest absolute Gasteiger partial charge is 0.497 e. The molecule has 23 heavy (non-hydrogen) atoms. The molecule has 6 heteroatoms. The molecule has 6 nitrogen and oxygen atoms in total. The van der Waals surface area contributed by atoms with E-state index in [0.717, 1.165) is 30.4 Å². The maximum atomic E-state index is 12.4. The first-order valence-corrected chi connectivity index (χ1v) is 7.69. The first kappa shape index (κ1) is 15.3. The smallest absolute Gasteiger partial charge is 0.227 e. The molecule has 0 unspecified atom stereocenters. The van der Waals surface area contributed by atoms with Gasteiger partial charge in [-0.15, -0.1) is 0 Å². The highest BCUT2D eigenvalue weighted by Gasteiger charge is 2.22. The van der Waals surface area contributed by atoms with Gasteiger partial charge in [0, 0.05) is 38.6 Å². The van der Waals surface area contributed by atoms with Gasteiger partial charge in [-0.3, -0.25) is 4.79 Å². The average Bonchev–Trinajstić information content (AvgIpc) is 2.63. The van der Waals surface area contributed by atoms with Crippen molar-refractivity contribution in [1.29, 1.82) is 0 Å². The van der Waals surface area contributed by atoms with Crippen molar-refractivity contribution in [2.24, 2.45) is 0 Å². The Bertz CT molecular complexity index is 655. The van der Waals surface area contributed by atoms with Crippen molar-refractivity contribution < 1.29 is 9.53 Å². The fourth-order valence-electron chi connectivity index (χ4n) is 2.68. The van der Waals surface area contributed by atoms with E-state index < -0.39 is 0 Å². The Morgan fingerprint density at radius 2 is 1.87 bits per heavy atom. The van der Waals surface area contributed by atoms with Gasteiger partial charge < -0.3 is 14.5 Å². The number of amides is 1. The number of carbonyl (C=O) groups is 1. The van der Waals surface area contributed by atoms with E-state index >= 15 is 0 Å². The lowest BCUT2D eigenvalue weighted by Crippen LogP contribution is -2.49. The molecule has 1 aliphatic heterocycles. The van der Waals surface area contributed by atoms with Crippen molar-refractivity contribution in [3.63, 3.8) is 0 Å². The molecule has 120 valence electrons. The van der Waals surface area contributed by atoms with E-state index in [1.165, 1.54) is 0 Å². The minimum absolute atomic E-state index is 0.145. The number of piperazine rings is 1. The van der Waals surface area contributed by atoms with Crippen LogP contribution < -0.4 is 9.64 Å². The van der Waals surface area contributed by atoms with Crippen LogP contribution >= 0.6 is 0 Å². The van der Waals surface area contributed by atoms with E-state index in [-0.39, 0.29) is 5.91 Å². The van der Waals surface area contributed by atoms with Crippen LogP contribution in [-0.4, -0.2) is 54.1 Å². The second kappa shape index (κ2) is 7.09. The highest BCUT2D eigenvalue weighted by molar-refractivity contribution is 5.79. The molecule has 0 radical (unpaired) electrons. The lowest BCUT2D eigenvalue weighted by Gasteiger charge is -2.34. The second-order valence-electron chi connectivity index (χ2n) is 5.44. The van der Waals surface area contributed by atoms with E-state index in [1.54, 1.807) is 25.6 Å². The monoisotopic (exact) mass is 312 g/mol. The Labute approximate surface area is 135 Å². The fourth-order valence-corrected chi connectivity index (χ4v) is 2.68. The van der Waals surface area contributed by atoms with Gasteiger partial charge in [0.1, 0.15) is 5.75 Å². The lowest BCUT2D eigenvalue weighted by atomic mass is 10.1. The van der Waals surface area contributed by atoms with Gasteiger partial charge in [0.15, 0.2) is 0 Å². The van der Waals surface area contributed by atoms with E-state index in [2.05, 4.69) is 14.9 Å². The number of ether oxygens (including phenoxy) is 1. The van der Waals surface area contributed by atoms with Crippen molar-refractivity contribution in [2.45, 2.75) is 6.42 Å². The van der Waals surface area contributed by atoms with E-state index in [9.17, 15) is 4.79 Å². The average molecular weight is 312 g/mol. The van der Waals surface area contributed by atoms with Gasteiger partial charge in [0.2, 0.25) is 11.9 Å². The zero-order valence-electron chi connectivity index (χ0n) is 13.2. The molecule has 0 bridgehead atoms. The fraction of sp³-hybridized carbons (Fsp3) is 0.353. The van der Waals surface area contributed by atoms with Gasteiger partial charge >= 0.3 is 0 Å². The van der Waals surface area contributed by atoms with Crippen LogP contribution in [0.4, 0.5) is 5.95 Å². The predicted octanol–water partition coefficient (Wildman–Crippen LogP) is 1.38. The molecule has 1 saturated heterocycles. The van der Waals surface area contributed by atoms with Crippen LogP contribution in [0.3, 0.4) is 0 Å². The molecule has 0 aliphatic carbocycles. The Balaban J connectivity index is 1.56. The van der Waals surface area contributed by atoms with Crippen LogP contribution in [0.1, 0.15) is 5.56 Å². The molecule has 2 heterocycles. The Hall–Kier alpha value is -2.63. The maximum absolute atomic E-state index is 12.4. The van der Waals surface area contributed by atoms with Crippen molar-refractivity contribution >= 4 is 11.9 Å². The number of hydrogen-bond acceptors (Lipinski definition) is 5. The van der Waals surface area contributed by atoms with E-state index in [1.807, 2.05) is 29.2 Å². The van der Waals surface area contributed by atoms with Crippen molar-refractivity contribution in [3.8, 4) is 5.75 Å². The van der Waals surface area contributed by atoms with Crippen molar-refractivity contribution in [3.05, 3.63) is 48.3 Å². The van der Waals surface area contributed by atoms with Gasteiger partial charge in [-0.2, -0.15) is 0 Å². The third-order valence-corrected chi connectivity index (χ3v) is 3.96. The Morgan fingerprint density at radius 3 is 2.57 bits per heavy atom. The molecule has 3 rings (SSSR count). The van der Waals surface area contributed by atoms with E-state index in [4.69, 9.17) is 4.74 Å². The quantitative estimate of drug-likeness (QED) is 0.853. The van der Waals surface area contributed by atoms with Crippen molar-refractivity contribution in [2.75, 3.05) is 38.2 Å². The Morgan fingerprint density at radius 1 is 1.13 bits per heavy atom. The molecule has 0 spiro atoms. The van der Waals surface area contributed by atoms with Crippen molar-refractivity contribution in [1.82, 2.24) is 14.9 Å². The minimum Gasteiger partial charge on any atom is -0.497 e. The standard InChI is InChI=1S/C17H20N4O2/c1-23-15-5-2-4-14(12-15)13-16(22)20-8-10-21(11-9-20)17-18-6-3-7-19-17/h2-7,12H,8-11,13H2,1H3. The number of anilines is 1. The maximum Gasteiger partial charge on any atom is 0.227 e. The van der Waals surface area contributed by atoms with Gasteiger partial charge in [0.05, 0.1) is 13.5 Å². The number of benzene rings is 1. The minimum atomic E-state index is 0.145. The third-order valence-electron chi connectivity index (χ3n) is 3.96. The number of methoxy groups -OCH3 is 1. The molecule has 0 saturated carbocycles. The van der Waals surface area contributed by atoms with Crippen LogP contribution in [0.5, 0.6) is 5.75 Å². The van der Waals surface area contributed by atoms with Crippen LogP contribution in [0.2, 0.25) is 0 Å². The zero-order valence-corrected chi connectivity index (χ0v) is 13.2. The number of carbonyl (C=O) groups excluding carboxylic acids is 1. The van der Waals surface area contributed by atoms with Gasteiger partial charge in [0.25, 0.3) is 0 Å². The first-order chi connectivity index (χ1) is 11.3. The second-order valence-corrected chi connectivity index (χ2v) is 5.44. The van der Waals surface area contributed by atoms with Gasteiger partial charge in [-0.05, 0) is 23.8 Å². The molecule has 2 aromatic rings. The summed E-state index contributed by atoms with van der Waals surface area (Å²) in [7, 11) is 1.63. The van der Waals surface area contributed by atoms with E-state index in [0.29, 0.717) is 19.5 Å². The molecule has 1 aliphatic rings. The third kappa shape index (κ3) is 3.77. The number of aromatic nitrogens is 2. The van der Waals surface area contributed by atoms with Crippen LogP contribution in [0, 0.1) is 0 Å². The summed E-state index contributed by atoms with van der Waals surface area (Å²) in [6.45, 7) is 2.91. The molecule has 0 atom stereocenters. The number of hydrogen-bond donors (Lipinski definition) is 0. The lowest BCUT2D eigenvalue weighted by molar-refractivity contribution is -0.130. The highest BCUT2D eigenvalue weighted by atomic mass is 16.5. The normalized spacial score (nSPS) is 14.7. The number of nitrogens with zero attached hydrogens (tertiary/aromatic N) is 4. The van der Waals surface area contributed by atoms with Gasteiger partial charge in [-0.25, -0.2) is 9.97 Å². The molecule has 1 aromatic heterocycles. The first-order valence-electron chi connectivity index (χ1n) is 7.69. The SMILES string of the molecule is COc1cccc(CC(=O)N2CCN(c3ncccn3)CC2)c1. The molecular formula is C17H20N4O2. The summed E-state index contributed by atoms with van der Waals surface area (Å²) < 4.78 is 5.20. The molecular weight excluding hydrogens is 292 g/mol. The highest BCUT2D eigenvalue weighted by Crippen LogP contribution is 2.15. The summed E-state index contributed by atoms with van der Waals surface area (Å²) in [5, 5.41) is 0.